The summed E-state index contributed by atoms with van der Waals surface area (Å²) >= 11 is 1.02. The number of ether oxygens (including phenoxy) is 6. The van der Waals surface area contributed by atoms with Gasteiger partial charge in [0.15, 0.2) is 24.4 Å². The number of carbonyl (C=O) groups excluding carboxylic acids is 7. The summed E-state index contributed by atoms with van der Waals surface area (Å²) in [5, 5.41) is -1.13. The first-order valence-corrected chi connectivity index (χ1v) is 12.0. The van der Waals surface area contributed by atoms with Gasteiger partial charge < -0.3 is 33.3 Å². The SMILES string of the molecule is COC(=O)[C@@H]1CS[C@@H]([C@@H](OC(C)=O)[C@H](OC(C)=O)[C@H](OC(C)=O)[C@H](COC(C)=O)OC(C)=O)N1C(C)=O. The molecule has 208 valence electrons. The number of amides is 1. The van der Waals surface area contributed by atoms with Crippen molar-refractivity contribution in [1.29, 1.82) is 0 Å². The second-order valence-electron chi connectivity index (χ2n) is 7.86. The van der Waals surface area contributed by atoms with Crippen LogP contribution >= 0.6 is 11.8 Å². The quantitative estimate of drug-likeness (QED) is 0.243. The molecule has 37 heavy (non-hydrogen) atoms. The van der Waals surface area contributed by atoms with Crippen LogP contribution in [-0.2, 0) is 62.0 Å². The van der Waals surface area contributed by atoms with Crippen LogP contribution in [0.2, 0.25) is 0 Å². The predicted octanol–water partition coefficient (Wildman–Crippen LogP) is -0.261. The van der Waals surface area contributed by atoms with Crippen LogP contribution in [0.3, 0.4) is 0 Å². The zero-order chi connectivity index (χ0) is 28.4. The number of esters is 6. The maximum absolute atomic E-state index is 12.6. The number of carbonyl (C=O) groups is 7. The smallest absolute Gasteiger partial charge is 0.329 e. The van der Waals surface area contributed by atoms with Crippen molar-refractivity contribution >= 4 is 53.5 Å². The topological polar surface area (TPSA) is 178 Å². The minimum absolute atomic E-state index is 0.0422. The van der Waals surface area contributed by atoms with Gasteiger partial charge in [0.25, 0.3) is 0 Å². The van der Waals surface area contributed by atoms with E-state index in [1.807, 2.05) is 0 Å². The fourth-order valence-electron chi connectivity index (χ4n) is 3.64. The fraction of sp³-hybridized carbons (Fsp3) is 0.682. The largest absolute Gasteiger partial charge is 0.467 e. The van der Waals surface area contributed by atoms with Crippen molar-refractivity contribution in [3.05, 3.63) is 0 Å². The van der Waals surface area contributed by atoms with E-state index >= 15 is 0 Å². The van der Waals surface area contributed by atoms with Gasteiger partial charge in [-0.05, 0) is 0 Å². The van der Waals surface area contributed by atoms with Crippen molar-refractivity contribution in [2.75, 3.05) is 19.5 Å². The van der Waals surface area contributed by atoms with E-state index < -0.39 is 84.2 Å². The highest BCUT2D eigenvalue weighted by atomic mass is 32.2. The molecular weight excluding hydrogens is 518 g/mol. The lowest BCUT2D eigenvalue weighted by molar-refractivity contribution is -0.205. The average Bonchev–Trinajstić information content (AvgIpc) is 3.21. The Labute approximate surface area is 217 Å². The summed E-state index contributed by atoms with van der Waals surface area (Å²) in [6.45, 7) is 5.79. The Kier molecular flexibility index (Phi) is 12.3. The molecule has 15 heteroatoms. The van der Waals surface area contributed by atoms with E-state index in [9.17, 15) is 33.6 Å². The highest BCUT2D eigenvalue weighted by Crippen LogP contribution is 2.37. The van der Waals surface area contributed by atoms with E-state index in [4.69, 9.17) is 28.4 Å². The Balaban J connectivity index is 3.70. The van der Waals surface area contributed by atoms with Crippen molar-refractivity contribution in [3.8, 4) is 0 Å². The molecule has 1 fully saturated rings. The molecule has 1 amide bonds. The van der Waals surface area contributed by atoms with Crippen LogP contribution in [0.25, 0.3) is 0 Å². The zero-order valence-corrected chi connectivity index (χ0v) is 22.4. The average molecular weight is 550 g/mol. The number of nitrogens with zero attached hydrogens (tertiary/aromatic N) is 1. The van der Waals surface area contributed by atoms with Crippen LogP contribution in [0.15, 0.2) is 0 Å². The Hall–Kier alpha value is -3.36. The molecule has 1 rings (SSSR count). The van der Waals surface area contributed by atoms with Crippen LogP contribution in [0.1, 0.15) is 41.5 Å². The minimum Gasteiger partial charge on any atom is -0.467 e. The van der Waals surface area contributed by atoms with E-state index in [0.717, 1.165) is 58.4 Å². The lowest BCUT2D eigenvalue weighted by atomic mass is 10.0. The minimum atomic E-state index is -1.68. The number of hydrogen-bond donors (Lipinski definition) is 0. The normalized spacial score (nSPS) is 19.9. The molecule has 1 aliphatic heterocycles. The number of methoxy groups -OCH3 is 1. The van der Waals surface area contributed by atoms with Gasteiger partial charge in [-0.3, -0.25) is 28.8 Å². The van der Waals surface area contributed by atoms with Gasteiger partial charge in [-0.1, -0.05) is 0 Å². The molecule has 0 saturated carbocycles. The van der Waals surface area contributed by atoms with E-state index in [1.54, 1.807) is 0 Å². The molecule has 0 N–H and O–H groups in total. The van der Waals surface area contributed by atoms with Gasteiger partial charge in [-0.15, -0.1) is 11.8 Å². The second-order valence-corrected chi connectivity index (χ2v) is 9.01. The number of rotatable bonds is 11. The molecule has 0 aliphatic carbocycles. The van der Waals surface area contributed by atoms with Crippen molar-refractivity contribution in [2.45, 2.75) is 77.4 Å². The molecule has 0 radical (unpaired) electrons. The zero-order valence-electron chi connectivity index (χ0n) is 21.5. The van der Waals surface area contributed by atoms with E-state index in [0.29, 0.717) is 0 Å². The van der Waals surface area contributed by atoms with Crippen LogP contribution in [0.5, 0.6) is 0 Å². The Morgan fingerprint density at radius 3 is 1.70 bits per heavy atom. The van der Waals surface area contributed by atoms with Crippen LogP contribution in [-0.4, -0.2) is 102 Å². The molecule has 0 unspecified atom stereocenters. The van der Waals surface area contributed by atoms with Crippen LogP contribution in [0.4, 0.5) is 0 Å². The molecule has 14 nitrogen and oxygen atoms in total. The molecule has 0 aromatic carbocycles. The summed E-state index contributed by atoms with van der Waals surface area (Å²) in [5.41, 5.74) is 0. The van der Waals surface area contributed by atoms with Crippen molar-refractivity contribution in [2.24, 2.45) is 0 Å². The first-order chi connectivity index (χ1) is 17.2. The van der Waals surface area contributed by atoms with E-state index in [-0.39, 0.29) is 5.75 Å². The van der Waals surface area contributed by atoms with Crippen LogP contribution < -0.4 is 0 Å². The first kappa shape index (κ1) is 31.7. The van der Waals surface area contributed by atoms with Gasteiger partial charge in [0.05, 0.1) is 7.11 Å². The number of hydrogen-bond acceptors (Lipinski definition) is 14. The molecule has 6 atom stereocenters. The summed E-state index contributed by atoms with van der Waals surface area (Å²) in [7, 11) is 1.14. The van der Waals surface area contributed by atoms with Gasteiger partial charge >= 0.3 is 35.8 Å². The standard InChI is InChI=1S/C22H31NO13S/c1-10(24)23-16(22(30)31-7)9-37-21(23)20(36-15(6)29)19(35-14(5)28)18(34-13(4)27)17(33-12(3)26)8-32-11(2)25/h16-21H,8-9H2,1-7H3/t16-,17-,18+,19+,20-,21-/m0/s1. The van der Waals surface area contributed by atoms with Gasteiger partial charge in [0.2, 0.25) is 5.91 Å². The van der Waals surface area contributed by atoms with Crippen molar-refractivity contribution < 1.29 is 62.0 Å². The fourth-order valence-corrected chi connectivity index (χ4v) is 5.18. The summed E-state index contributed by atoms with van der Waals surface area (Å²) in [4.78, 5) is 85.6. The molecule has 0 bridgehead atoms. The maximum atomic E-state index is 12.6. The van der Waals surface area contributed by atoms with Crippen LogP contribution in [0, 0.1) is 0 Å². The molecule has 0 spiro atoms. The third-order valence-electron chi connectivity index (χ3n) is 4.84. The molecule has 0 aromatic rings. The molecule has 1 saturated heterocycles. The summed E-state index contributed by atoms with van der Waals surface area (Å²) < 4.78 is 31.1. The Morgan fingerprint density at radius 2 is 1.27 bits per heavy atom. The lowest BCUT2D eigenvalue weighted by Crippen LogP contribution is -2.59. The van der Waals surface area contributed by atoms with Gasteiger partial charge in [0, 0.05) is 47.3 Å². The highest BCUT2D eigenvalue weighted by molar-refractivity contribution is 8.00. The monoisotopic (exact) mass is 549 g/mol. The van der Waals surface area contributed by atoms with Crippen molar-refractivity contribution in [3.63, 3.8) is 0 Å². The van der Waals surface area contributed by atoms with Crippen molar-refractivity contribution in [1.82, 2.24) is 4.90 Å². The second kappa shape index (κ2) is 14.4. The molecule has 1 heterocycles. The third kappa shape index (κ3) is 9.55. The summed E-state index contributed by atoms with van der Waals surface area (Å²) in [6, 6.07) is -1.06. The van der Waals surface area contributed by atoms with Gasteiger partial charge in [-0.25, -0.2) is 4.79 Å². The molecule has 0 aromatic heterocycles. The third-order valence-corrected chi connectivity index (χ3v) is 6.19. The van der Waals surface area contributed by atoms with E-state index in [1.165, 1.54) is 6.92 Å². The lowest BCUT2D eigenvalue weighted by Gasteiger charge is -2.39. The summed E-state index contributed by atoms with van der Waals surface area (Å²) in [6.07, 6.45) is -6.40. The van der Waals surface area contributed by atoms with Gasteiger partial charge in [0.1, 0.15) is 18.0 Å². The summed E-state index contributed by atoms with van der Waals surface area (Å²) in [5.74, 6) is -5.57. The molecular formula is C22H31NO13S. The maximum Gasteiger partial charge on any atom is 0.329 e. The Bertz CT molecular complexity index is 907. The highest BCUT2D eigenvalue weighted by Gasteiger charge is 2.53. The van der Waals surface area contributed by atoms with E-state index in [2.05, 4.69) is 0 Å². The predicted molar refractivity (Wildman–Crippen MR) is 123 cm³/mol. The first-order valence-electron chi connectivity index (χ1n) is 11.0. The van der Waals surface area contributed by atoms with Gasteiger partial charge in [-0.2, -0.15) is 0 Å². The molecule has 1 aliphatic rings. The Morgan fingerprint density at radius 1 is 0.757 bits per heavy atom. The number of thioether (sulfide) groups is 1.